The van der Waals surface area contributed by atoms with E-state index in [-0.39, 0.29) is 11.9 Å². The number of nitrogens with one attached hydrogen (secondary N) is 1. The van der Waals surface area contributed by atoms with E-state index in [1.54, 1.807) is 14.0 Å². The summed E-state index contributed by atoms with van der Waals surface area (Å²) in [5.41, 5.74) is 0.572. The molecule has 0 aliphatic carbocycles. The van der Waals surface area contributed by atoms with E-state index >= 15 is 0 Å². The van der Waals surface area contributed by atoms with Gasteiger partial charge in [0.2, 0.25) is 0 Å². The van der Waals surface area contributed by atoms with Crippen LogP contribution in [-0.4, -0.2) is 26.4 Å². The number of hydrogen-bond acceptors (Lipinski definition) is 3. The molecule has 1 aromatic rings. The van der Waals surface area contributed by atoms with Crippen molar-refractivity contribution in [2.75, 3.05) is 20.3 Å². The van der Waals surface area contributed by atoms with Crippen LogP contribution in [0.25, 0.3) is 0 Å². The lowest BCUT2D eigenvalue weighted by molar-refractivity contribution is 0.128. The molecule has 0 saturated heterocycles. The van der Waals surface area contributed by atoms with Crippen LogP contribution in [0.1, 0.15) is 32.8 Å². The van der Waals surface area contributed by atoms with Crippen LogP contribution in [0.5, 0.6) is 5.75 Å². The fraction of sp³-hybridized carbons (Fsp3) is 0.625. The van der Waals surface area contributed by atoms with Crippen LogP contribution in [-0.2, 0) is 11.3 Å². The molecule has 0 amide bonds. The summed E-state index contributed by atoms with van der Waals surface area (Å²) in [5.74, 6) is -1.16. The van der Waals surface area contributed by atoms with Gasteiger partial charge in [-0.05, 0) is 37.1 Å². The van der Waals surface area contributed by atoms with Gasteiger partial charge in [-0.3, -0.25) is 0 Å². The first-order chi connectivity index (χ1) is 9.93. The molecular formula is C16H25F2NO2. The Labute approximate surface area is 125 Å². The Hall–Kier alpha value is -1.20. The Bertz CT molecular complexity index is 415. The molecule has 1 N–H and O–H groups in total. The van der Waals surface area contributed by atoms with E-state index in [0.29, 0.717) is 31.1 Å². The fourth-order valence-electron chi connectivity index (χ4n) is 1.88. The van der Waals surface area contributed by atoms with Gasteiger partial charge in [-0.25, -0.2) is 8.78 Å². The standard InChI is InChI=1S/C16H25F2NO2/c1-11(2)9-19-10-13-7-14(17)16(15(18)8-13)21-12(3)5-6-20-4/h7-8,11-12,19H,5-6,9-10H2,1-4H3. The molecule has 5 heteroatoms. The molecule has 1 unspecified atom stereocenters. The summed E-state index contributed by atoms with van der Waals surface area (Å²) in [6, 6.07) is 2.63. The normalized spacial score (nSPS) is 12.7. The second-order valence-electron chi connectivity index (χ2n) is 5.62. The number of benzene rings is 1. The molecule has 0 aliphatic heterocycles. The van der Waals surface area contributed by atoms with Crippen molar-refractivity contribution in [2.45, 2.75) is 39.8 Å². The van der Waals surface area contributed by atoms with E-state index < -0.39 is 11.6 Å². The number of ether oxygens (including phenoxy) is 2. The highest BCUT2D eigenvalue weighted by Crippen LogP contribution is 2.25. The van der Waals surface area contributed by atoms with Crippen molar-refractivity contribution >= 4 is 0 Å². The van der Waals surface area contributed by atoms with Gasteiger partial charge in [-0.2, -0.15) is 0 Å². The molecule has 1 rings (SSSR count). The molecule has 0 saturated carbocycles. The average Bonchev–Trinajstić information content (AvgIpc) is 2.40. The topological polar surface area (TPSA) is 30.5 Å². The summed E-state index contributed by atoms with van der Waals surface area (Å²) < 4.78 is 38.2. The molecule has 0 aliphatic rings. The fourth-order valence-corrected chi connectivity index (χ4v) is 1.88. The smallest absolute Gasteiger partial charge is 0.191 e. The monoisotopic (exact) mass is 301 g/mol. The molecule has 0 heterocycles. The highest BCUT2D eigenvalue weighted by Gasteiger charge is 2.15. The van der Waals surface area contributed by atoms with Crippen molar-refractivity contribution in [3.05, 3.63) is 29.3 Å². The van der Waals surface area contributed by atoms with Gasteiger partial charge in [0.1, 0.15) is 0 Å². The summed E-state index contributed by atoms with van der Waals surface area (Å²) >= 11 is 0. The van der Waals surface area contributed by atoms with E-state index in [0.717, 1.165) is 6.54 Å². The molecule has 1 aromatic carbocycles. The van der Waals surface area contributed by atoms with Gasteiger partial charge in [0, 0.05) is 26.7 Å². The predicted molar refractivity (Wildman–Crippen MR) is 79.5 cm³/mol. The van der Waals surface area contributed by atoms with E-state index in [1.807, 2.05) is 0 Å². The Balaban J connectivity index is 2.66. The van der Waals surface area contributed by atoms with Gasteiger partial charge in [-0.1, -0.05) is 13.8 Å². The minimum absolute atomic E-state index is 0.307. The van der Waals surface area contributed by atoms with Crippen molar-refractivity contribution in [3.63, 3.8) is 0 Å². The van der Waals surface area contributed by atoms with Gasteiger partial charge >= 0.3 is 0 Å². The zero-order chi connectivity index (χ0) is 15.8. The van der Waals surface area contributed by atoms with Gasteiger partial charge in [0.25, 0.3) is 0 Å². The molecule has 120 valence electrons. The maximum absolute atomic E-state index is 14.0. The lowest BCUT2D eigenvalue weighted by Gasteiger charge is -2.16. The Morgan fingerprint density at radius 2 is 1.76 bits per heavy atom. The Morgan fingerprint density at radius 1 is 1.14 bits per heavy atom. The minimum Gasteiger partial charge on any atom is -0.485 e. The predicted octanol–water partition coefficient (Wildman–Crippen LogP) is 3.51. The van der Waals surface area contributed by atoms with Crippen LogP contribution in [0.2, 0.25) is 0 Å². The molecule has 0 fully saturated rings. The molecule has 3 nitrogen and oxygen atoms in total. The summed E-state index contributed by atoms with van der Waals surface area (Å²) in [6.45, 7) is 7.64. The lowest BCUT2D eigenvalue weighted by atomic mass is 10.1. The zero-order valence-corrected chi connectivity index (χ0v) is 13.2. The summed E-state index contributed by atoms with van der Waals surface area (Å²) in [7, 11) is 1.58. The van der Waals surface area contributed by atoms with Gasteiger partial charge in [-0.15, -0.1) is 0 Å². The maximum Gasteiger partial charge on any atom is 0.191 e. The van der Waals surface area contributed by atoms with Crippen LogP contribution >= 0.6 is 0 Å². The van der Waals surface area contributed by atoms with Gasteiger partial charge < -0.3 is 14.8 Å². The summed E-state index contributed by atoms with van der Waals surface area (Å²) in [5, 5.41) is 3.15. The first kappa shape index (κ1) is 17.9. The van der Waals surface area contributed by atoms with Crippen LogP contribution in [0.15, 0.2) is 12.1 Å². The second-order valence-corrected chi connectivity index (χ2v) is 5.62. The molecule has 0 aromatic heterocycles. The molecule has 1 atom stereocenters. The lowest BCUT2D eigenvalue weighted by Crippen LogP contribution is -2.19. The highest BCUT2D eigenvalue weighted by molar-refractivity contribution is 5.31. The molecular weight excluding hydrogens is 276 g/mol. The van der Waals surface area contributed by atoms with Crippen LogP contribution in [0.4, 0.5) is 8.78 Å². The van der Waals surface area contributed by atoms with Crippen LogP contribution in [0.3, 0.4) is 0 Å². The SMILES string of the molecule is COCCC(C)Oc1c(F)cc(CNCC(C)C)cc1F. The first-order valence-electron chi connectivity index (χ1n) is 7.28. The minimum atomic E-state index is -0.666. The molecule has 0 bridgehead atoms. The summed E-state index contributed by atoms with van der Waals surface area (Å²) in [4.78, 5) is 0. The average molecular weight is 301 g/mol. The third-order valence-corrected chi connectivity index (χ3v) is 2.99. The Morgan fingerprint density at radius 3 is 2.29 bits per heavy atom. The first-order valence-corrected chi connectivity index (χ1v) is 7.28. The van der Waals surface area contributed by atoms with Gasteiger partial charge in [0.15, 0.2) is 17.4 Å². The van der Waals surface area contributed by atoms with Gasteiger partial charge in [0.05, 0.1) is 6.10 Å². The number of rotatable bonds is 9. The van der Waals surface area contributed by atoms with E-state index in [2.05, 4.69) is 19.2 Å². The maximum atomic E-state index is 14.0. The largest absolute Gasteiger partial charge is 0.485 e. The molecule has 21 heavy (non-hydrogen) atoms. The third kappa shape index (κ3) is 6.40. The van der Waals surface area contributed by atoms with Crippen molar-refractivity contribution < 1.29 is 18.3 Å². The van der Waals surface area contributed by atoms with Crippen molar-refractivity contribution in [3.8, 4) is 5.75 Å². The number of halogens is 2. The Kier molecular flexibility index (Phi) is 7.61. The molecule has 0 spiro atoms. The van der Waals surface area contributed by atoms with Crippen molar-refractivity contribution in [2.24, 2.45) is 5.92 Å². The third-order valence-electron chi connectivity index (χ3n) is 2.99. The number of hydrogen-bond donors (Lipinski definition) is 1. The van der Waals surface area contributed by atoms with E-state index in [9.17, 15) is 8.78 Å². The van der Waals surface area contributed by atoms with Crippen molar-refractivity contribution in [1.29, 1.82) is 0 Å². The summed E-state index contributed by atoms with van der Waals surface area (Å²) in [6.07, 6.45) is 0.270. The quantitative estimate of drug-likeness (QED) is 0.757. The number of methoxy groups -OCH3 is 1. The molecule has 0 radical (unpaired) electrons. The van der Waals surface area contributed by atoms with Crippen LogP contribution in [0, 0.1) is 17.6 Å². The zero-order valence-electron chi connectivity index (χ0n) is 13.2. The highest BCUT2D eigenvalue weighted by atomic mass is 19.1. The van der Waals surface area contributed by atoms with E-state index in [4.69, 9.17) is 9.47 Å². The second kappa shape index (κ2) is 8.95. The van der Waals surface area contributed by atoms with E-state index in [1.165, 1.54) is 12.1 Å². The van der Waals surface area contributed by atoms with Crippen molar-refractivity contribution in [1.82, 2.24) is 5.32 Å². The van der Waals surface area contributed by atoms with Crippen LogP contribution < -0.4 is 10.1 Å².